The van der Waals surface area contributed by atoms with E-state index in [9.17, 15) is 0 Å². The summed E-state index contributed by atoms with van der Waals surface area (Å²) in [6.07, 6.45) is 101. The van der Waals surface area contributed by atoms with Crippen LogP contribution in [0.3, 0.4) is 0 Å². The van der Waals surface area contributed by atoms with Crippen LogP contribution in [0.25, 0.3) is 0 Å². The van der Waals surface area contributed by atoms with E-state index < -0.39 is 0 Å². The minimum absolute atomic E-state index is 0.940. The number of nitrogens with zero attached hydrogens (tertiary/aromatic N) is 4. The second kappa shape index (κ2) is 32.9. The summed E-state index contributed by atoms with van der Waals surface area (Å²) in [5.74, 6) is 23.5. The molecule has 0 radical (unpaired) electrons. The molecule has 32 unspecified atom stereocenters. The Labute approximate surface area is 673 Å². The Kier molecular flexibility index (Phi) is 22.8. The molecule has 0 amide bonds. The summed E-state index contributed by atoms with van der Waals surface area (Å²) in [5.41, 5.74) is 0. The predicted molar refractivity (Wildman–Crippen MR) is 455 cm³/mol. The first kappa shape index (κ1) is 74.8. The predicted octanol–water partition coefficient (Wildman–Crippen LogP) is 26.4. The quantitative estimate of drug-likeness (QED) is 0.227. The van der Waals surface area contributed by atoms with E-state index in [4.69, 9.17) is 0 Å². The van der Waals surface area contributed by atoms with Crippen molar-refractivity contribution in [1.29, 1.82) is 0 Å². The lowest BCUT2D eigenvalue weighted by molar-refractivity contribution is -0.00549. The van der Waals surface area contributed by atoms with Crippen molar-refractivity contribution in [2.75, 3.05) is 0 Å². The molecule has 6 heteroatoms. The first-order valence-electron chi connectivity index (χ1n) is 52.0. The monoisotopic (exact) mass is 1510 g/mol. The van der Waals surface area contributed by atoms with E-state index in [2.05, 4.69) is 43.1 Å². The third-order valence-electron chi connectivity index (χ3n) is 42.3. The second-order valence-corrected chi connectivity index (χ2v) is 49.1. The van der Waals surface area contributed by atoms with E-state index in [1.807, 2.05) is 0 Å². The first-order chi connectivity index (χ1) is 53.6. The summed E-state index contributed by atoms with van der Waals surface area (Å²) in [5, 5.41) is 4.06. The molecule has 6 aliphatic heterocycles. The zero-order valence-corrected chi connectivity index (χ0v) is 71.4. The zero-order chi connectivity index (χ0) is 70.9. The highest BCUT2D eigenvalue weighted by atomic mass is 32.2. The average Bonchev–Trinajstić information content (AvgIpc) is 1.60. The van der Waals surface area contributed by atoms with Crippen LogP contribution in [0.5, 0.6) is 0 Å². The molecule has 32 atom stereocenters. The van der Waals surface area contributed by atoms with Gasteiger partial charge in [-0.15, -0.1) is 0 Å². The van der Waals surface area contributed by atoms with E-state index in [0.717, 1.165) is 224 Å². The Hall–Kier alpha value is 0.540. The Morgan fingerprint density at radius 3 is 0.796 bits per heavy atom. The van der Waals surface area contributed by atoms with Crippen LogP contribution in [0.4, 0.5) is 0 Å². The van der Waals surface area contributed by atoms with Crippen LogP contribution in [0.15, 0.2) is 0 Å². The minimum Gasteiger partial charge on any atom is -0.294 e. The van der Waals surface area contributed by atoms with E-state index in [0.29, 0.717) is 0 Å². The molecule has 606 valence electrons. The van der Waals surface area contributed by atoms with Gasteiger partial charge in [-0.25, -0.2) is 0 Å². The molecule has 0 aromatic carbocycles. The van der Waals surface area contributed by atoms with Gasteiger partial charge in [0.05, 0.1) is 0 Å². The molecule has 0 N–H and O–H groups in total. The molecule has 17 aliphatic carbocycles. The highest BCUT2D eigenvalue weighted by molar-refractivity contribution is 8.01. The standard InChI is InChI=1S/C54H88N2S.C48H78N2S/c1-3-14-35(15-4-1)39-30-40(36-16-5-2-6-17-36)32-41(31-39)55-48-22-10-7-18-42(48)46-33-37(26-28-50(46)55)38-27-29-51-47(34-38)43-19-8-11-23-49(43)56(51)52-24-13-21-45-44-20-9-12-25-53(44)57-54(45)52;1-2-11-31(12-3-1)32-21-25-35(26-22-32)49-42-17-7-4-13-36(42)40-29-33(23-27-44(40)49)34-24-28-45-41(30-34)37-14-5-8-18-43(37)50(45)46-19-10-16-39-38-15-6-9-20-47(38)51-48(39)46/h35-54H,1-34H2;31-48H,1-30H2. The maximum Gasteiger partial charge on any atom is 0.0237 e. The van der Waals surface area contributed by atoms with Crippen LogP contribution in [0.2, 0.25) is 0 Å². The van der Waals surface area contributed by atoms with Gasteiger partial charge < -0.3 is 0 Å². The lowest BCUT2D eigenvalue weighted by Crippen LogP contribution is -2.54. The van der Waals surface area contributed by atoms with Gasteiger partial charge in [0.1, 0.15) is 0 Å². The van der Waals surface area contributed by atoms with Crippen LogP contribution in [0.1, 0.15) is 411 Å². The fourth-order valence-corrected chi connectivity index (χ4v) is 42.8. The molecule has 6 saturated heterocycles. The van der Waals surface area contributed by atoms with Crippen molar-refractivity contribution in [2.45, 2.75) is 504 Å². The average molecular weight is 1510 g/mol. The highest BCUT2D eigenvalue weighted by Gasteiger charge is 2.64. The lowest BCUT2D eigenvalue weighted by atomic mass is 9.62. The maximum atomic E-state index is 3.45. The Morgan fingerprint density at radius 2 is 0.407 bits per heavy atom. The van der Waals surface area contributed by atoms with E-state index in [-0.39, 0.29) is 0 Å². The SMILES string of the molecule is C1CCC(C2CC(C3CCCCC3)CC(N3C4CCCCC4C4CC(C5CCC6C(C5)C5CCCCC5N6C5CCCC6C7CCCCC7SC65)CCC43)C2)CC1.C1CCC(C2CCC(N3C4CCCCC4C4CC(C5CCC6C(C5)C5CCCCC5N6C5CCCC6C7CCCCC7SC65)CCC43)CC2)CC1. The van der Waals surface area contributed by atoms with Crippen LogP contribution in [0, 0.1) is 130 Å². The minimum atomic E-state index is 0.940. The molecule has 108 heavy (non-hydrogen) atoms. The molecule has 0 aromatic rings. The molecule has 23 fully saturated rings. The molecule has 17 saturated carbocycles. The summed E-state index contributed by atoms with van der Waals surface area (Å²) >= 11 is 5.14. The molecule has 23 rings (SSSR count). The summed E-state index contributed by atoms with van der Waals surface area (Å²) in [4.78, 5) is 13.6. The van der Waals surface area contributed by atoms with Crippen molar-refractivity contribution in [3.63, 3.8) is 0 Å². The van der Waals surface area contributed by atoms with Crippen LogP contribution >= 0.6 is 23.5 Å². The molecule has 6 heterocycles. The number of hydrogen-bond donors (Lipinski definition) is 0. The molecule has 0 spiro atoms. The zero-order valence-electron chi connectivity index (χ0n) is 69.8. The van der Waals surface area contributed by atoms with Gasteiger partial charge >= 0.3 is 0 Å². The van der Waals surface area contributed by atoms with Crippen molar-refractivity contribution in [3.05, 3.63) is 0 Å². The fourth-order valence-electron chi connectivity index (χ4n) is 38.4. The number of thioether (sulfide) groups is 2. The van der Waals surface area contributed by atoms with Gasteiger partial charge in [-0.2, -0.15) is 23.5 Å². The molecule has 0 aromatic heterocycles. The van der Waals surface area contributed by atoms with E-state index >= 15 is 0 Å². The maximum absolute atomic E-state index is 3.45. The molecular formula is C102H166N4S2. The van der Waals surface area contributed by atoms with Crippen LogP contribution < -0.4 is 0 Å². The Morgan fingerprint density at radius 1 is 0.139 bits per heavy atom. The van der Waals surface area contributed by atoms with Gasteiger partial charge in [0.15, 0.2) is 0 Å². The van der Waals surface area contributed by atoms with Crippen molar-refractivity contribution >= 4 is 23.5 Å². The molecule has 4 nitrogen and oxygen atoms in total. The van der Waals surface area contributed by atoms with E-state index in [1.54, 1.807) is 347 Å². The van der Waals surface area contributed by atoms with Gasteiger partial charge in [0, 0.05) is 93.5 Å². The van der Waals surface area contributed by atoms with Gasteiger partial charge in [-0.05, 0) is 355 Å². The van der Waals surface area contributed by atoms with Crippen molar-refractivity contribution < 1.29 is 0 Å². The molecular weight excluding hydrogens is 1350 g/mol. The Bertz CT molecular complexity index is 2900. The topological polar surface area (TPSA) is 13.0 Å². The largest absolute Gasteiger partial charge is 0.294 e. The summed E-state index contributed by atoms with van der Waals surface area (Å²) < 4.78 is 0. The summed E-state index contributed by atoms with van der Waals surface area (Å²) in [6.45, 7) is 0. The number of fused-ring (bicyclic) bond motifs is 18. The fraction of sp³-hybridized carbons (Fsp3) is 1.00. The van der Waals surface area contributed by atoms with Crippen molar-refractivity contribution in [1.82, 2.24) is 19.6 Å². The molecule has 0 bridgehead atoms. The highest BCUT2D eigenvalue weighted by Crippen LogP contribution is 2.66. The first-order valence-corrected chi connectivity index (χ1v) is 53.9. The van der Waals surface area contributed by atoms with Gasteiger partial charge in [0.2, 0.25) is 0 Å². The summed E-state index contributed by atoms with van der Waals surface area (Å²) in [7, 11) is 0. The van der Waals surface area contributed by atoms with Gasteiger partial charge in [0.25, 0.3) is 0 Å². The number of likely N-dealkylation sites (tertiary alicyclic amines) is 4. The third-order valence-corrected chi connectivity index (χ3v) is 46.2. The number of rotatable bonds is 9. The van der Waals surface area contributed by atoms with Gasteiger partial charge in [-0.3, -0.25) is 19.6 Å². The normalized spacial score (nSPS) is 53.2. The smallest absolute Gasteiger partial charge is 0.0237 e. The van der Waals surface area contributed by atoms with E-state index in [1.165, 1.54) is 64.2 Å². The van der Waals surface area contributed by atoms with Gasteiger partial charge in [-0.1, -0.05) is 186 Å². The van der Waals surface area contributed by atoms with Crippen molar-refractivity contribution in [3.8, 4) is 0 Å². The van der Waals surface area contributed by atoms with Crippen molar-refractivity contribution in [2.24, 2.45) is 130 Å². The summed E-state index contributed by atoms with van der Waals surface area (Å²) in [6, 6.07) is 11.5. The molecule has 23 aliphatic rings. The van der Waals surface area contributed by atoms with Crippen LogP contribution in [-0.4, -0.2) is 113 Å². The third kappa shape index (κ3) is 13.9. The Balaban J connectivity index is 0.000000135. The van der Waals surface area contributed by atoms with Crippen LogP contribution in [-0.2, 0) is 0 Å². The second-order valence-electron chi connectivity index (χ2n) is 46.2. The lowest BCUT2D eigenvalue weighted by Gasteiger charge is -2.50. The number of hydrogen-bond acceptors (Lipinski definition) is 6.